The Bertz CT molecular complexity index is 1980. The van der Waals surface area contributed by atoms with E-state index in [1.165, 1.54) is 18.3 Å². The fourth-order valence-electron chi connectivity index (χ4n) is 5.71. The molecule has 43 heavy (non-hydrogen) atoms. The number of aromatic nitrogens is 8. The molecule has 0 aromatic carbocycles. The molecule has 0 bridgehead atoms. The number of carbonyl (C=O) groups is 3. The topological polar surface area (TPSA) is 156 Å². The van der Waals surface area contributed by atoms with Gasteiger partial charge in [0.2, 0.25) is 11.8 Å². The second kappa shape index (κ2) is 9.37. The lowest BCUT2D eigenvalue weighted by atomic mass is 10.1. The highest BCUT2D eigenvalue weighted by Crippen LogP contribution is 2.46. The highest BCUT2D eigenvalue weighted by Gasteiger charge is 2.46. The summed E-state index contributed by atoms with van der Waals surface area (Å²) in [5, 5.41) is 8.16. The summed E-state index contributed by atoms with van der Waals surface area (Å²) in [4.78, 5) is 63.0. The first-order valence-corrected chi connectivity index (χ1v) is 14.2. The summed E-state index contributed by atoms with van der Waals surface area (Å²) < 4.78 is 3.63. The van der Waals surface area contributed by atoms with Gasteiger partial charge < -0.3 is 9.72 Å². The number of imidazole rings is 1. The Kier molecular flexibility index (Phi) is 5.55. The molecule has 1 aliphatic heterocycles. The molecular weight excluding hydrogens is 550 g/mol. The molecule has 2 aliphatic carbocycles. The molecule has 4 amide bonds. The molecule has 2 unspecified atom stereocenters. The van der Waals surface area contributed by atoms with E-state index >= 15 is 0 Å². The fraction of sp³-hybridized carbons (Fsp3) is 0.345. The van der Waals surface area contributed by atoms with Crippen LogP contribution in [0.4, 0.5) is 16.3 Å². The first-order chi connectivity index (χ1) is 20.8. The van der Waals surface area contributed by atoms with E-state index in [0.29, 0.717) is 58.6 Å². The molecule has 8 rings (SSSR count). The van der Waals surface area contributed by atoms with E-state index in [2.05, 4.69) is 30.4 Å². The van der Waals surface area contributed by atoms with Gasteiger partial charge in [0, 0.05) is 49.4 Å². The number of anilines is 2. The molecule has 14 nitrogen and oxygen atoms in total. The van der Waals surface area contributed by atoms with Crippen molar-refractivity contribution in [3.8, 4) is 0 Å². The SMILES string of the molecule is Cc1ccnc(C2CC2C(=O)Nc2ncnc3nn(Cc4cn5cc(C6CC6)cc(N6CC(=O)N(C)C6=O)c5n4)cc23)n1. The van der Waals surface area contributed by atoms with Gasteiger partial charge in [-0.05, 0) is 49.8 Å². The van der Waals surface area contributed by atoms with Crippen molar-refractivity contribution in [2.75, 3.05) is 23.8 Å². The van der Waals surface area contributed by atoms with Crippen LogP contribution in [0, 0.1) is 12.8 Å². The number of rotatable bonds is 7. The summed E-state index contributed by atoms with van der Waals surface area (Å²) in [5.74, 6) is 0.918. The summed E-state index contributed by atoms with van der Waals surface area (Å²) in [6.45, 7) is 2.22. The second-order valence-electron chi connectivity index (χ2n) is 11.5. The number of hydrogen-bond donors (Lipinski definition) is 1. The van der Waals surface area contributed by atoms with Crippen molar-refractivity contribution in [2.45, 2.75) is 44.6 Å². The molecule has 3 fully saturated rings. The third-order valence-corrected chi connectivity index (χ3v) is 8.33. The van der Waals surface area contributed by atoms with E-state index < -0.39 is 0 Å². The van der Waals surface area contributed by atoms with E-state index in [9.17, 15) is 14.4 Å². The van der Waals surface area contributed by atoms with Crippen molar-refractivity contribution >= 4 is 46.0 Å². The second-order valence-corrected chi connectivity index (χ2v) is 11.5. The van der Waals surface area contributed by atoms with E-state index in [4.69, 9.17) is 4.98 Å². The number of amides is 4. The zero-order valence-electron chi connectivity index (χ0n) is 23.5. The van der Waals surface area contributed by atoms with Gasteiger partial charge >= 0.3 is 6.03 Å². The number of likely N-dealkylation sites (N-methyl/N-ethyl adjacent to an activating group) is 1. The maximum absolute atomic E-state index is 13.0. The Morgan fingerprint density at radius 2 is 1.95 bits per heavy atom. The maximum Gasteiger partial charge on any atom is 0.331 e. The predicted molar refractivity (Wildman–Crippen MR) is 153 cm³/mol. The number of fused-ring (bicyclic) bond motifs is 2. The molecule has 2 saturated carbocycles. The van der Waals surface area contributed by atoms with Crippen molar-refractivity contribution < 1.29 is 14.4 Å². The van der Waals surface area contributed by atoms with E-state index in [1.807, 2.05) is 35.9 Å². The van der Waals surface area contributed by atoms with Crippen LogP contribution in [0.1, 0.15) is 53.9 Å². The summed E-state index contributed by atoms with van der Waals surface area (Å²) in [6, 6.07) is 3.46. The number of nitrogens with zero attached hydrogens (tertiary/aromatic N) is 10. The van der Waals surface area contributed by atoms with Crippen molar-refractivity contribution in [3.63, 3.8) is 0 Å². The van der Waals surface area contributed by atoms with Crippen LogP contribution < -0.4 is 10.2 Å². The molecule has 5 aromatic heterocycles. The Morgan fingerprint density at radius 3 is 2.72 bits per heavy atom. The number of aryl methyl sites for hydroxylation is 1. The van der Waals surface area contributed by atoms with Gasteiger partial charge in [0.15, 0.2) is 11.3 Å². The molecular formula is C29H27N11O3. The van der Waals surface area contributed by atoms with Crippen molar-refractivity contribution in [2.24, 2.45) is 5.92 Å². The molecule has 216 valence electrons. The first kappa shape index (κ1) is 25.4. The molecule has 1 N–H and O–H groups in total. The average Bonchev–Trinajstić information content (AvgIpc) is 3.90. The summed E-state index contributed by atoms with van der Waals surface area (Å²) in [5.41, 5.74) is 4.37. The van der Waals surface area contributed by atoms with Crippen LogP contribution in [0.2, 0.25) is 0 Å². The van der Waals surface area contributed by atoms with E-state index in [-0.39, 0.29) is 36.2 Å². The highest BCUT2D eigenvalue weighted by molar-refractivity contribution is 6.13. The maximum atomic E-state index is 13.0. The molecule has 2 atom stereocenters. The predicted octanol–water partition coefficient (Wildman–Crippen LogP) is 2.64. The van der Waals surface area contributed by atoms with Crippen LogP contribution in [0.5, 0.6) is 0 Å². The first-order valence-electron chi connectivity index (χ1n) is 14.2. The average molecular weight is 578 g/mol. The molecule has 6 heterocycles. The molecule has 0 radical (unpaired) electrons. The smallest absolute Gasteiger partial charge is 0.310 e. The fourth-order valence-corrected chi connectivity index (χ4v) is 5.71. The third kappa shape index (κ3) is 4.45. The van der Waals surface area contributed by atoms with Crippen LogP contribution in [0.25, 0.3) is 16.7 Å². The number of urea groups is 1. The van der Waals surface area contributed by atoms with Crippen molar-refractivity contribution in [1.29, 1.82) is 0 Å². The third-order valence-electron chi connectivity index (χ3n) is 8.33. The molecule has 0 spiro atoms. The lowest BCUT2D eigenvalue weighted by Gasteiger charge is -2.17. The Balaban J connectivity index is 1.06. The Morgan fingerprint density at radius 1 is 1.09 bits per heavy atom. The monoisotopic (exact) mass is 577 g/mol. The van der Waals surface area contributed by atoms with Crippen LogP contribution in [-0.2, 0) is 16.1 Å². The van der Waals surface area contributed by atoms with Crippen LogP contribution in [-0.4, -0.2) is 75.4 Å². The lowest BCUT2D eigenvalue weighted by Crippen LogP contribution is -2.30. The minimum Gasteiger partial charge on any atom is -0.310 e. The minimum atomic E-state index is -0.361. The van der Waals surface area contributed by atoms with Crippen LogP contribution >= 0.6 is 0 Å². The largest absolute Gasteiger partial charge is 0.331 e. The van der Waals surface area contributed by atoms with Gasteiger partial charge in [-0.3, -0.25) is 24.1 Å². The van der Waals surface area contributed by atoms with Gasteiger partial charge in [0.05, 0.1) is 23.3 Å². The molecule has 3 aliphatic rings. The Hall–Kier alpha value is -5.27. The van der Waals surface area contributed by atoms with Crippen molar-refractivity contribution in [1.82, 2.24) is 44.0 Å². The lowest BCUT2D eigenvalue weighted by molar-refractivity contribution is -0.124. The van der Waals surface area contributed by atoms with Gasteiger partial charge in [-0.15, -0.1) is 0 Å². The molecule has 5 aromatic rings. The van der Waals surface area contributed by atoms with Crippen LogP contribution in [0.3, 0.4) is 0 Å². The number of pyridine rings is 1. The van der Waals surface area contributed by atoms with Crippen molar-refractivity contribution in [3.05, 3.63) is 66.0 Å². The van der Waals surface area contributed by atoms with E-state index in [1.54, 1.807) is 17.1 Å². The molecule has 14 heteroatoms. The van der Waals surface area contributed by atoms with Gasteiger partial charge in [-0.1, -0.05) is 0 Å². The number of carbonyl (C=O) groups excluding carboxylic acids is 3. The minimum absolute atomic E-state index is 0.00491. The summed E-state index contributed by atoms with van der Waals surface area (Å²) in [7, 11) is 1.49. The summed E-state index contributed by atoms with van der Waals surface area (Å²) >= 11 is 0. The number of imide groups is 1. The Labute approximate surface area is 244 Å². The molecule has 1 saturated heterocycles. The van der Waals surface area contributed by atoms with E-state index in [0.717, 1.165) is 29.0 Å². The highest BCUT2D eigenvalue weighted by atomic mass is 16.2. The number of nitrogens with one attached hydrogen (secondary N) is 1. The van der Waals surface area contributed by atoms with Gasteiger partial charge in [-0.2, -0.15) is 5.10 Å². The van der Waals surface area contributed by atoms with Gasteiger partial charge in [0.1, 0.15) is 24.5 Å². The zero-order chi connectivity index (χ0) is 29.4. The van der Waals surface area contributed by atoms with Gasteiger partial charge in [-0.25, -0.2) is 29.7 Å². The van der Waals surface area contributed by atoms with Gasteiger partial charge in [0.25, 0.3) is 0 Å². The standard InChI is InChI=1S/C29H27N11O3/c1-15-5-6-30-24(33-15)19-8-20(19)28(42)35-25-21-12-39(36-26(21)32-14-31-25)11-18-10-38-9-17(16-3-4-16)7-22(27(38)34-18)40-13-23(41)37(2)29(40)43/h5-7,9-10,12,14,16,19-20H,3-4,8,11,13H2,1-2H3,(H,31,32,35,36,42). The summed E-state index contributed by atoms with van der Waals surface area (Å²) in [6.07, 6.45) is 11.7. The van der Waals surface area contributed by atoms with Crippen LogP contribution in [0.15, 0.2) is 43.2 Å². The zero-order valence-corrected chi connectivity index (χ0v) is 23.5. The quantitative estimate of drug-likeness (QED) is 0.287. The normalized spacial score (nSPS) is 20.0. The number of hydrogen-bond acceptors (Lipinski definition) is 9.